The van der Waals surface area contributed by atoms with Crippen molar-refractivity contribution < 1.29 is 19.1 Å². The Kier molecular flexibility index (Phi) is 5.73. The Bertz CT molecular complexity index is 663. The number of benzene rings is 2. The second kappa shape index (κ2) is 7.58. The van der Waals surface area contributed by atoms with Crippen LogP contribution in [0.25, 0.3) is 0 Å². The van der Waals surface area contributed by atoms with Crippen LogP contribution >= 0.6 is 0 Å². The van der Waals surface area contributed by atoms with Crippen LogP contribution in [0.2, 0.25) is 0 Å². The van der Waals surface area contributed by atoms with E-state index in [0.29, 0.717) is 11.5 Å². The molecule has 0 aliphatic rings. The third-order valence-corrected chi connectivity index (χ3v) is 4.20. The Morgan fingerprint density at radius 1 is 0.958 bits per heavy atom. The number of phenolic OH excluding ortho intramolecular Hbond substituents is 1. The number of phenols is 1. The zero-order chi connectivity index (χ0) is 17.7. The Morgan fingerprint density at radius 3 is 2.12 bits per heavy atom. The van der Waals surface area contributed by atoms with E-state index in [-0.39, 0.29) is 11.7 Å². The predicted octanol–water partition coefficient (Wildman–Crippen LogP) is 3.64. The van der Waals surface area contributed by atoms with Gasteiger partial charge in [-0.3, -0.25) is 0 Å². The minimum absolute atomic E-state index is 0.0940. The van der Waals surface area contributed by atoms with Crippen molar-refractivity contribution in [3.63, 3.8) is 0 Å². The molecule has 0 saturated carbocycles. The van der Waals surface area contributed by atoms with Gasteiger partial charge >= 0.3 is 0 Å². The summed E-state index contributed by atoms with van der Waals surface area (Å²) in [6, 6.07) is 13.9. The van der Waals surface area contributed by atoms with Crippen molar-refractivity contribution in [2.24, 2.45) is 0 Å². The van der Waals surface area contributed by atoms with E-state index in [1.807, 2.05) is 12.1 Å². The summed E-state index contributed by atoms with van der Waals surface area (Å²) in [6.45, 7) is 1.02. The van der Waals surface area contributed by atoms with Crippen molar-refractivity contribution in [1.82, 2.24) is 0 Å². The third-order valence-electron chi connectivity index (χ3n) is 4.20. The van der Waals surface area contributed by atoms with Gasteiger partial charge in [0, 0.05) is 24.0 Å². The van der Waals surface area contributed by atoms with E-state index in [4.69, 9.17) is 9.47 Å². The fraction of sp³-hybridized carbons (Fsp3) is 0.400. The number of ether oxygens (including phenoxy) is 2. The smallest absolute Gasteiger partial charge is 0.161 e. The maximum atomic E-state index is 10.1. The van der Waals surface area contributed by atoms with Crippen molar-refractivity contribution >= 4 is 0 Å². The highest BCUT2D eigenvalue weighted by molar-refractivity contribution is 5.53. The average molecular weight is 330 g/mol. The number of hydrogen-bond donors (Lipinski definition) is 1. The molecule has 0 bridgehead atoms. The normalized spacial score (nSPS) is 12.7. The molecule has 130 valence electrons. The summed E-state index contributed by atoms with van der Waals surface area (Å²) in [5, 5.41) is 10.1. The molecule has 1 N–H and O–H groups in total. The van der Waals surface area contributed by atoms with Gasteiger partial charge in [-0.25, -0.2) is 0 Å². The summed E-state index contributed by atoms with van der Waals surface area (Å²) in [4.78, 5) is 0. The molecule has 0 fully saturated rings. The first-order valence-electron chi connectivity index (χ1n) is 8.16. The number of nitrogens with zero attached hydrogens (tertiary/aromatic N) is 1. The quantitative estimate of drug-likeness (QED) is 0.788. The molecule has 4 heteroatoms. The first-order chi connectivity index (χ1) is 11.4. The highest BCUT2D eigenvalue weighted by Crippen LogP contribution is 2.41. The molecule has 0 spiro atoms. The minimum Gasteiger partial charge on any atom is -0.504 e. The van der Waals surface area contributed by atoms with Crippen LogP contribution in [0, 0.1) is 0 Å². The third kappa shape index (κ3) is 4.42. The van der Waals surface area contributed by atoms with Gasteiger partial charge < -0.3 is 19.1 Å². The van der Waals surface area contributed by atoms with Gasteiger partial charge in [0.25, 0.3) is 0 Å². The molecule has 0 saturated heterocycles. The standard InChI is InChI=1S/C20H27NO3/c1-21(2,3)12-11-16(15-9-7-6-8-10-15)17-13-20(24-5)18(22)14-19(17)23-4/h6-10,13-14,16H,11-12H2,1-5H3/p+1. The van der Waals surface area contributed by atoms with E-state index in [9.17, 15) is 5.11 Å². The lowest BCUT2D eigenvalue weighted by atomic mass is 9.87. The summed E-state index contributed by atoms with van der Waals surface area (Å²) < 4.78 is 11.7. The highest BCUT2D eigenvalue weighted by atomic mass is 16.5. The second-order valence-corrected chi connectivity index (χ2v) is 7.03. The molecule has 0 radical (unpaired) electrons. The molecule has 2 aromatic rings. The molecule has 0 amide bonds. The fourth-order valence-corrected chi connectivity index (χ4v) is 2.88. The van der Waals surface area contributed by atoms with Gasteiger partial charge in [0.1, 0.15) is 5.75 Å². The topological polar surface area (TPSA) is 38.7 Å². The lowest BCUT2D eigenvalue weighted by Gasteiger charge is -2.28. The van der Waals surface area contributed by atoms with Crippen LogP contribution in [0.1, 0.15) is 23.5 Å². The minimum atomic E-state index is 0.0940. The maximum absolute atomic E-state index is 10.1. The summed E-state index contributed by atoms with van der Waals surface area (Å²) in [5.74, 6) is 1.42. The van der Waals surface area contributed by atoms with Gasteiger partial charge in [0.05, 0.1) is 41.9 Å². The number of quaternary nitrogens is 1. The molecule has 0 aliphatic heterocycles. The van der Waals surface area contributed by atoms with Crippen LogP contribution in [-0.4, -0.2) is 51.5 Å². The predicted molar refractivity (Wildman–Crippen MR) is 97.0 cm³/mol. The van der Waals surface area contributed by atoms with Crippen LogP contribution < -0.4 is 9.47 Å². The first kappa shape index (κ1) is 18.1. The van der Waals surface area contributed by atoms with Gasteiger partial charge in [0.15, 0.2) is 11.5 Å². The SMILES string of the molecule is COc1cc(C(CC[N+](C)(C)C)c2ccccc2)c(OC)cc1O. The number of aromatic hydroxyl groups is 1. The van der Waals surface area contributed by atoms with Gasteiger partial charge in [-0.05, 0) is 11.6 Å². The Balaban J connectivity index is 2.50. The molecule has 1 atom stereocenters. The molecule has 0 aromatic heterocycles. The zero-order valence-corrected chi connectivity index (χ0v) is 15.2. The lowest BCUT2D eigenvalue weighted by molar-refractivity contribution is -0.870. The molecule has 2 rings (SSSR count). The van der Waals surface area contributed by atoms with Crippen LogP contribution in [0.4, 0.5) is 0 Å². The van der Waals surface area contributed by atoms with E-state index >= 15 is 0 Å². The summed E-state index contributed by atoms with van der Waals surface area (Å²) in [5.41, 5.74) is 2.27. The van der Waals surface area contributed by atoms with Crippen molar-refractivity contribution in [2.75, 3.05) is 41.9 Å². The summed E-state index contributed by atoms with van der Waals surface area (Å²) in [7, 11) is 9.77. The van der Waals surface area contributed by atoms with Gasteiger partial charge in [-0.15, -0.1) is 0 Å². The van der Waals surface area contributed by atoms with E-state index in [2.05, 4.69) is 45.4 Å². The molecule has 24 heavy (non-hydrogen) atoms. The largest absolute Gasteiger partial charge is 0.504 e. The van der Waals surface area contributed by atoms with E-state index in [1.54, 1.807) is 20.3 Å². The van der Waals surface area contributed by atoms with E-state index in [1.165, 1.54) is 5.56 Å². The number of methoxy groups -OCH3 is 2. The van der Waals surface area contributed by atoms with Crippen molar-refractivity contribution in [3.8, 4) is 17.2 Å². The number of hydrogen-bond acceptors (Lipinski definition) is 3. The molecule has 2 aromatic carbocycles. The fourth-order valence-electron chi connectivity index (χ4n) is 2.88. The Labute approximate surface area is 144 Å². The van der Waals surface area contributed by atoms with Crippen LogP contribution in [0.5, 0.6) is 17.2 Å². The molecule has 4 nitrogen and oxygen atoms in total. The highest BCUT2D eigenvalue weighted by Gasteiger charge is 2.23. The van der Waals surface area contributed by atoms with Crippen molar-refractivity contribution in [1.29, 1.82) is 0 Å². The molecule has 0 aliphatic carbocycles. The number of rotatable bonds is 7. The zero-order valence-electron chi connectivity index (χ0n) is 15.2. The molecular weight excluding hydrogens is 302 g/mol. The average Bonchev–Trinajstić information content (AvgIpc) is 2.55. The monoisotopic (exact) mass is 330 g/mol. The first-order valence-corrected chi connectivity index (χ1v) is 8.16. The molecule has 0 heterocycles. The van der Waals surface area contributed by atoms with Gasteiger partial charge in [0.2, 0.25) is 0 Å². The Morgan fingerprint density at radius 2 is 1.58 bits per heavy atom. The van der Waals surface area contributed by atoms with Crippen LogP contribution in [-0.2, 0) is 0 Å². The Hall–Kier alpha value is -2.20. The van der Waals surface area contributed by atoms with E-state index in [0.717, 1.165) is 23.0 Å². The second-order valence-electron chi connectivity index (χ2n) is 7.03. The molecular formula is C20H28NO3+. The van der Waals surface area contributed by atoms with Crippen molar-refractivity contribution in [2.45, 2.75) is 12.3 Å². The van der Waals surface area contributed by atoms with Crippen LogP contribution in [0.3, 0.4) is 0 Å². The van der Waals surface area contributed by atoms with Crippen LogP contribution in [0.15, 0.2) is 42.5 Å². The molecule has 1 unspecified atom stereocenters. The van der Waals surface area contributed by atoms with Crippen molar-refractivity contribution in [3.05, 3.63) is 53.6 Å². The van der Waals surface area contributed by atoms with Gasteiger partial charge in [-0.2, -0.15) is 0 Å². The summed E-state index contributed by atoms with van der Waals surface area (Å²) in [6.07, 6.45) is 0.970. The summed E-state index contributed by atoms with van der Waals surface area (Å²) >= 11 is 0. The van der Waals surface area contributed by atoms with Gasteiger partial charge in [-0.1, -0.05) is 30.3 Å². The van der Waals surface area contributed by atoms with E-state index < -0.39 is 0 Å². The maximum Gasteiger partial charge on any atom is 0.161 e. The lowest BCUT2D eigenvalue weighted by Crippen LogP contribution is -2.36.